The topological polar surface area (TPSA) is 84.2 Å². The van der Waals surface area contributed by atoms with E-state index in [-0.39, 0.29) is 23.6 Å². The SMILES string of the molecule is CCCC(=O)N[C@@H](Cc1ccccc1)c1nc2cc(C(=O)O)ccc2n1C(C)C. The molecule has 2 N–H and O–H groups in total. The Balaban J connectivity index is 2.10. The molecule has 6 nitrogen and oxygen atoms in total. The van der Waals surface area contributed by atoms with Crippen LogP contribution < -0.4 is 5.32 Å². The van der Waals surface area contributed by atoms with Crippen LogP contribution in [-0.2, 0) is 11.2 Å². The Bertz CT molecular complexity index is 1010. The number of carbonyl (C=O) groups is 2. The summed E-state index contributed by atoms with van der Waals surface area (Å²) in [4.78, 5) is 28.6. The van der Waals surface area contributed by atoms with E-state index >= 15 is 0 Å². The lowest BCUT2D eigenvalue weighted by Gasteiger charge is -2.22. The number of hydrogen-bond donors (Lipinski definition) is 2. The highest BCUT2D eigenvalue weighted by atomic mass is 16.4. The first kappa shape index (κ1) is 20.6. The average molecular weight is 393 g/mol. The highest BCUT2D eigenvalue weighted by Crippen LogP contribution is 2.28. The summed E-state index contributed by atoms with van der Waals surface area (Å²) in [5.74, 6) is -0.252. The van der Waals surface area contributed by atoms with Gasteiger partial charge < -0.3 is 15.0 Å². The van der Waals surface area contributed by atoms with Gasteiger partial charge in [-0.25, -0.2) is 9.78 Å². The zero-order chi connectivity index (χ0) is 21.0. The Kier molecular flexibility index (Phi) is 6.32. The summed E-state index contributed by atoms with van der Waals surface area (Å²) in [5.41, 5.74) is 2.79. The normalized spacial score (nSPS) is 12.3. The van der Waals surface area contributed by atoms with Gasteiger partial charge in [0.2, 0.25) is 5.91 Å². The minimum absolute atomic E-state index is 0.0120. The Morgan fingerprint density at radius 1 is 1.14 bits per heavy atom. The monoisotopic (exact) mass is 393 g/mol. The van der Waals surface area contributed by atoms with Crippen LogP contribution in [0.1, 0.15) is 67.4 Å². The first-order chi connectivity index (χ1) is 13.9. The van der Waals surface area contributed by atoms with E-state index in [0.717, 1.165) is 23.3 Å². The number of benzene rings is 2. The molecule has 0 aliphatic carbocycles. The number of aromatic carboxylic acids is 1. The van der Waals surface area contributed by atoms with Gasteiger partial charge in [0, 0.05) is 12.5 Å². The van der Waals surface area contributed by atoms with Gasteiger partial charge in [-0.1, -0.05) is 37.3 Å². The van der Waals surface area contributed by atoms with Crippen molar-refractivity contribution in [3.63, 3.8) is 0 Å². The molecular weight excluding hydrogens is 366 g/mol. The maximum absolute atomic E-state index is 12.4. The van der Waals surface area contributed by atoms with Crippen LogP contribution in [-0.4, -0.2) is 26.5 Å². The standard InChI is InChI=1S/C23H27N3O3/c1-4-8-21(27)24-19(13-16-9-6-5-7-10-16)22-25-18-14-17(23(28)29)11-12-20(18)26(22)15(2)3/h5-7,9-12,14-15,19H,4,8,13H2,1-3H3,(H,24,27)(H,28,29)/t19-/m0/s1. The summed E-state index contributed by atoms with van der Waals surface area (Å²) >= 11 is 0. The molecule has 1 aromatic heterocycles. The van der Waals surface area contributed by atoms with Crippen molar-refractivity contribution in [2.45, 2.75) is 52.1 Å². The second-order valence-corrected chi connectivity index (χ2v) is 7.50. The van der Waals surface area contributed by atoms with E-state index in [2.05, 4.69) is 23.7 Å². The summed E-state index contributed by atoms with van der Waals surface area (Å²) in [6, 6.07) is 14.8. The van der Waals surface area contributed by atoms with Crippen LogP contribution in [0.15, 0.2) is 48.5 Å². The number of aromatic nitrogens is 2. The first-order valence-electron chi connectivity index (χ1n) is 9.99. The molecule has 1 atom stereocenters. The largest absolute Gasteiger partial charge is 0.478 e. The van der Waals surface area contributed by atoms with Gasteiger partial charge in [-0.2, -0.15) is 0 Å². The molecule has 29 heavy (non-hydrogen) atoms. The molecular formula is C23H27N3O3. The second-order valence-electron chi connectivity index (χ2n) is 7.50. The van der Waals surface area contributed by atoms with E-state index in [4.69, 9.17) is 4.98 Å². The molecule has 3 rings (SSSR count). The van der Waals surface area contributed by atoms with Crippen molar-refractivity contribution in [3.8, 4) is 0 Å². The number of carboxylic acids is 1. The molecule has 2 aromatic carbocycles. The van der Waals surface area contributed by atoms with E-state index in [1.807, 2.05) is 37.3 Å². The van der Waals surface area contributed by atoms with E-state index < -0.39 is 5.97 Å². The molecule has 1 amide bonds. The Hall–Kier alpha value is -3.15. The van der Waals surface area contributed by atoms with Crippen LogP contribution in [0.5, 0.6) is 0 Å². The zero-order valence-electron chi connectivity index (χ0n) is 17.1. The molecule has 0 fully saturated rings. The van der Waals surface area contributed by atoms with E-state index in [0.29, 0.717) is 18.4 Å². The molecule has 6 heteroatoms. The van der Waals surface area contributed by atoms with Crippen LogP contribution in [0, 0.1) is 0 Å². The van der Waals surface area contributed by atoms with Gasteiger partial charge in [-0.3, -0.25) is 4.79 Å². The number of rotatable bonds is 8. The maximum Gasteiger partial charge on any atom is 0.335 e. The number of carbonyl (C=O) groups excluding carboxylic acids is 1. The molecule has 0 saturated carbocycles. The van der Waals surface area contributed by atoms with Gasteiger partial charge in [0.05, 0.1) is 22.6 Å². The third-order valence-corrected chi connectivity index (χ3v) is 4.89. The van der Waals surface area contributed by atoms with Gasteiger partial charge in [0.15, 0.2) is 0 Å². The Morgan fingerprint density at radius 3 is 2.48 bits per heavy atom. The van der Waals surface area contributed by atoms with E-state index in [1.165, 1.54) is 0 Å². The lowest BCUT2D eigenvalue weighted by atomic mass is 10.0. The summed E-state index contributed by atoms with van der Waals surface area (Å²) in [6.45, 7) is 6.09. The summed E-state index contributed by atoms with van der Waals surface area (Å²) < 4.78 is 2.08. The number of nitrogens with zero attached hydrogens (tertiary/aromatic N) is 2. The van der Waals surface area contributed by atoms with Gasteiger partial charge in [-0.05, 0) is 50.5 Å². The van der Waals surface area contributed by atoms with Gasteiger partial charge >= 0.3 is 5.97 Å². The molecule has 0 aliphatic heterocycles. The Labute approximate surface area is 170 Å². The van der Waals surface area contributed by atoms with Crippen LogP contribution in [0.3, 0.4) is 0 Å². The third kappa shape index (κ3) is 4.65. The van der Waals surface area contributed by atoms with Gasteiger partial charge in [0.25, 0.3) is 0 Å². The average Bonchev–Trinajstić information content (AvgIpc) is 3.07. The number of nitrogens with one attached hydrogen (secondary N) is 1. The molecule has 0 unspecified atom stereocenters. The highest BCUT2D eigenvalue weighted by molar-refractivity contribution is 5.92. The number of fused-ring (bicyclic) bond motifs is 1. The maximum atomic E-state index is 12.4. The van der Waals surface area contributed by atoms with E-state index in [9.17, 15) is 14.7 Å². The van der Waals surface area contributed by atoms with Crippen molar-refractivity contribution in [2.24, 2.45) is 0 Å². The van der Waals surface area contributed by atoms with Crippen LogP contribution >= 0.6 is 0 Å². The minimum atomic E-state index is -0.982. The van der Waals surface area contributed by atoms with Crippen LogP contribution in [0.2, 0.25) is 0 Å². The molecule has 0 spiro atoms. The fourth-order valence-corrected chi connectivity index (χ4v) is 3.59. The third-order valence-electron chi connectivity index (χ3n) is 4.89. The minimum Gasteiger partial charge on any atom is -0.478 e. The first-order valence-corrected chi connectivity index (χ1v) is 9.99. The van der Waals surface area contributed by atoms with E-state index in [1.54, 1.807) is 18.2 Å². The van der Waals surface area contributed by atoms with Crippen LogP contribution in [0.4, 0.5) is 0 Å². The predicted octanol–water partition coefficient (Wildman–Crippen LogP) is 4.52. The zero-order valence-corrected chi connectivity index (χ0v) is 17.1. The highest BCUT2D eigenvalue weighted by Gasteiger charge is 2.24. The smallest absolute Gasteiger partial charge is 0.335 e. The summed E-state index contributed by atoms with van der Waals surface area (Å²) in [7, 11) is 0. The molecule has 0 saturated heterocycles. The number of hydrogen-bond acceptors (Lipinski definition) is 3. The fourth-order valence-electron chi connectivity index (χ4n) is 3.59. The van der Waals surface area contributed by atoms with Crippen molar-refractivity contribution >= 4 is 22.9 Å². The molecule has 3 aromatic rings. The lowest BCUT2D eigenvalue weighted by molar-refractivity contribution is -0.121. The Morgan fingerprint density at radius 2 is 1.86 bits per heavy atom. The number of carboxylic acid groups (broad SMARTS) is 1. The van der Waals surface area contributed by atoms with Crippen molar-refractivity contribution in [1.29, 1.82) is 0 Å². The van der Waals surface area contributed by atoms with Gasteiger partial charge in [-0.15, -0.1) is 0 Å². The van der Waals surface area contributed by atoms with Crippen molar-refractivity contribution in [3.05, 3.63) is 65.5 Å². The van der Waals surface area contributed by atoms with Gasteiger partial charge in [0.1, 0.15) is 5.82 Å². The molecule has 1 heterocycles. The molecule has 0 aliphatic rings. The lowest BCUT2D eigenvalue weighted by Crippen LogP contribution is -2.32. The number of amides is 1. The summed E-state index contributed by atoms with van der Waals surface area (Å²) in [6.07, 6.45) is 1.83. The van der Waals surface area contributed by atoms with Crippen molar-refractivity contribution in [2.75, 3.05) is 0 Å². The molecule has 152 valence electrons. The molecule has 0 bridgehead atoms. The number of imidazole rings is 1. The quantitative estimate of drug-likeness (QED) is 0.589. The molecule has 0 radical (unpaired) electrons. The summed E-state index contributed by atoms with van der Waals surface area (Å²) in [5, 5.41) is 12.5. The predicted molar refractivity (Wildman–Crippen MR) is 113 cm³/mol. The van der Waals surface area contributed by atoms with Crippen molar-refractivity contribution < 1.29 is 14.7 Å². The fraction of sp³-hybridized carbons (Fsp3) is 0.348. The van der Waals surface area contributed by atoms with Crippen LogP contribution in [0.25, 0.3) is 11.0 Å². The second kappa shape index (κ2) is 8.90. The van der Waals surface area contributed by atoms with Crippen molar-refractivity contribution in [1.82, 2.24) is 14.9 Å².